The van der Waals surface area contributed by atoms with Crippen molar-refractivity contribution in [2.45, 2.75) is 356 Å². The summed E-state index contributed by atoms with van der Waals surface area (Å²) in [5.41, 5.74) is 0. The zero-order valence-electron chi connectivity index (χ0n) is 57.3. The lowest BCUT2D eigenvalue weighted by Crippen LogP contribution is -2.30. The summed E-state index contributed by atoms with van der Waals surface area (Å²) in [5, 5.41) is 10.6. The van der Waals surface area contributed by atoms with Crippen LogP contribution in [0.1, 0.15) is 338 Å². The van der Waals surface area contributed by atoms with Crippen molar-refractivity contribution in [1.82, 2.24) is 0 Å². The largest absolute Gasteiger partial charge is 0.472 e. The summed E-state index contributed by atoms with van der Waals surface area (Å²) in [6.07, 6.45) is 40.2. The molecule has 5 unspecified atom stereocenters. The summed E-state index contributed by atoms with van der Waals surface area (Å²) in [5.74, 6) is 0.880. The number of carbonyl (C=O) groups is 4. The van der Waals surface area contributed by atoms with Gasteiger partial charge >= 0.3 is 39.5 Å². The van der Waals surface area contributed by atoms with E-state index in [9.17, 15) is 43.2 Å². The van der Waals surface area contributed by atoms with Crippen LogP contribution < -0.4 is 0 Å². The molecule has 0 heterocycles. The number of hydrogen-bond acceptors (Lipinski definition) is 15. The van der Waals surface area contributed by atoms with Crippen LogP contribution in [-0.2, 0) is 65.4 Å². The number of carbonyl (C=O) groups excluding carboxylic acids is 4. The Bertz CT molecular complexity index is 1750. The molecule has 0 spiro atoms. The number of esters is 4. The SMILES string of the molecule is CCC(C)CCCCCCCCCCCCC(=O)O[C@H](COC(=O)CCCCCCCCC(C)CC)COP(=O)(O)OCC(O)COP(=O)(O)OC[C@@H](COC(=O)CCCCCCCCCCC(C)C)OC(=O)CCCCCCCCCCCCC(C)C. The minimum atomic E-state index is -4.95. The van der Waals surface area contributed by atoms with E-state index in [2.05, 4.69) is 55.4 Å². The second-order valence-electron chi connectivity index (χ2n) is 26.4. The average molecular weight is 1300 g/mol. The minimum Gasteiger partial charge on any atom is -0.462 e. The topological polar surface area (TPSA) is 237 Å². The molecule has 0 aromatic heterocycles. The van der Waals surface area contributed by atoms with E-state index in [4.69, 9.17) is 37.0 Å². The zero-order chi connectivity index (χ0) is 65.4. The van der Waals surface area contributed by atoms with Crippen molar-refractivity contribution in [3.05, 3.63) is 0 Å². The van der Waals surface area contributed by atoms with Gasteiger partial charge in [-0.15, -0.1) is 0 Å². The maximum absolute atomic E-state index is 13.0. The molecule has 0 aliphatic carbocycles. The normalized spacial score (nSPS) is 14.9. The molecule has 0 fully saturated rings. The quantitative estimate of drug-likeness (QED) is 0.0222. The third kappa shape index (κ3) is 60.3. The lowest BCUT2D eigenvalue weighted by molar-refractivity contribution is -0.161. The molecule has 0 aliphatic heterocycles. The van der Waals surface area contributed by atoms with E-state index in [1.807, 2.05) is 0 Å². The molecule has 0 bridgehead atoms. The predicted octanol–water partition coefficient (Wildman–Crippen LogP) is 19.3. The van der Waals surface area contributed by atoms with Gasteiger partial charge in [-0.2, -0.15) is 0 Å². The van der Waals surface area contributed by atoms with Gasteiger partial charge < -0.3 is 33.8 Å². The van der Waals surface area contributed by atoms with Gasteiger partial charge in [-0.05, 0) is 49.4 Å². The Morgan fingerprint density at radius 1 is 0.318 bits per heavy atom. The second-order valence-corrected chi connectivity index (χ2v) is 29.3. The Hall–Kier alpha value is -1.94. The van der Waals surface area contributed by atoms with Crippen molar-refractivity contribution >= 4 is 39.5 Å². The summed E-state index contributed by atoms with van der Waals surface area (Å²) in [7, 11) is -9.90. The Balaban J connectivity index is 5.27. The third-order valence-corrected chi connectivity index (χ3v) is 18.4. The van der Waals surface area contributed by atoms with E-state index in [-0.39, 0.29) is 25.7 Å². The number of aliphatic hydroxyl groups is 1. The van der Waals surface area contributed by atoms with Crippen LogP contribution in [-0.4, -0.2) is 96.7 Å². The smallest absolute Gasteiger partial charge is 0.462 e. The molecule has 88 heavy (non-hydrogen) atoms. The number of phosphoric acid groups is 2. The molecule has 0 saturated carbocycles. The highest BCUT2D eigenvalue weighted by atomic mass is 31.2. The molecule has 3 N–H and O–H groups in total. The predicted molar refractivity (Wildman–Crippen MR) is 354 cm³/mol. The molecule has 0 saturated heterocycles. The van der Waals surface area contributed by atoms with Crippen LogP contribution in [0.4, 0.5) is 0 Å². The molecule has 7 atom stereocenters. The third-order valence-electron chi connectivity index (χ3n) is 16.5. The van der Waals surface area contributed by atoms with Crippen LogP contribution in [0.15, 0.2) is 0 Å². The number of ether oxygens (including phenoxy) is 4. The van der Waals surface area contributed by atoms with Crippen molar-refractivity contribution < 1.29 is 80.2 Å². The van der Waals surface area contributed by atoms with Crippen molar-refractivity contribution in [3.8, 4) is 0 Å². The first-order valence-electron chi connectivity index (χ1n) is 35.8. The highest BCUT2D eigenvalue weighted by molar-refractivity contribution is 7.47. The van der Waals surface area contributed by atoms with E-state index < -0.39 is 97.5 Å². The highest BCUT2D eigenvalue weighted by Crippen LogP contribution is 2.45. The Labute approximate surface area is 537 Å². The minimum absolute atomic E-state index is 0.105. The first-order valence-corrected chi connectivity index (χ1v) is 38.8. The Morgan fingerprint density at radius 3 is 0.807 bits per heavy atom. The van der Waals surface area contributed by atoms with Crippen molar-refractivity contribution in [1.29, 1.82) is 0 Å². The van der Waals surface area contributed by atoms with Gasteiger partial charge in [0.15, 0.2) is 12.2 Å². The fourth-order valence-corrected chi connectivity index (χ4v) is 11.8. The van der Waals surface area contributed by atoms with Crippen molar-refractivity contribution in [2.75, 3.05) is 39.6 Å². The fourth-order valence-electron chi connectivity index (χ4n) is 10.2. The number of aliphatic hydroxyl groups excluding tert-OH is 1. The van der Waals surface area contributed by atoms with Crippen LogP contribution in [0.2, 0.25) is 0 Å². The Kier molecular flexibility index (Phi) is 57.6. The van der Waals surface area contributed by atoms with Crippen LogP contribution >= 0.6 is 15.6 Å². The van der Waals surface area contributed by atoms with E-state index in [1.54, 1.807) is 0 Å². The lowest BCUT2D eigenvalue weighted by Gasteiger charge is -2.21. The van der Waals surface area contributed by atoms with Crippen LogP contribution in [0.25, 0.3) is 0 Å². The molecule has 19 heteroatoms. The lowest BCUT2D eigenvalue weighted by atomic mass is 9.99. The number of hydrogen-bond donors (Lipinski definition) is 3. The summed E-state index contributed by atoms with van der Waals surface area (Å²) >= 11 is 0. The van der Waals surface area contributed by atoms with Gasteiger partial charge in [0.1, 0.15) is 19.3 Å². The highest BCUT2D eigenvalue weighted by Gasteiger charge is 2.30. The summed E-state index contributed by atoms with van der Waals surface area (Å²) in [6.45, 7) is 14.1. The van der Waals surface area contributed by atoms with Gasteiger partial charge in [-0.1, -0.05) is 287 Å². The van der Waals surface area contributed by atoms with Crippen molar-refractivity contribution in [3.63, 3.8) is 0 Å². The molecule has 0 aromatic carbocycles. The number of rotatable bonds is 66. The molecule has 0 amide bonds. The van der Waals surface area contributed by atoms with Gasteiger partial charge in [0.05, 0.1) is 26.4 Å². The molecular weight excluding hydrogens is 1160 g/mol. The number of phosphoric ester groups is 2. The maximum Gasteiger partial charge on any atom is 0.472 e. The summed E-state index contributed by atoms with van der Waals surface area (Å²) < 4.78 is 68.2. The number of unbranched alkanes of at least 4 members (excludes halogenated alkanes) is 30. The maximum atomic E-state index is 13.0. The monoisotopic (exact) mass is 1300 g/mol. The van der Waals surface area contributed by atoms with Gasteiger partial charge in [0, 0.05) is 25.7 Å². The fraction of sp³-hybridized carbons (Fsp3) is 0.942. The van der Waals surface area contributed by atoms with E-state index in [0.717, 1.165) is 120 Å². The zero-order valence-corrected chi connectivity index (χ0v) is 59.1. The van der Waals surface area contributed by atoms with E-state index in [0.29, 0.717) is 25.7 Å². The van der Waals surface area contributed by atoms with E-state index in [1.165, 1.54) is 135 Å². The van der Waals surface area contributed by atoms with Crippen LogP contribution in [0.3, 0.4) is 0 Å². The van der Waals surface area contributed by atoms with E-state index >= 15 is 0 Å². The summed E-state index contributed by atoms with van der Waals surface area (Å²) in [6, 6.07) is 0. The molecular formula is C69H134O17P2. The standard InChI is InChI=1S/C69H134O17P2/c1-9-61(7)47-39-31-23-16-12-14-18-26-36-44-52-69(74)86-65(56-80-67(72)50-42-34-28-27-32-40-48-62(8)10-2)58-84-88(77,78)82-54-63(70)53-81-87(75,76)83-57-64(55-79-66(71)49-41-33-24-20-19-22-30-38-46-60(5)6)85-68(73)51-43-35-25-17-13-11-15-21-29-37-45-59(3)4/h59-65,70H,9-58H2,1-8H3,(H,75,76)(H,77,78)/t61?,62?,63?,64-,65-/m1/s1. The first kappa shape index (κ1) is 86.1. The Morgan fingerprint density at radius 2 is 0.545 bits per heavy atom. The summed E-state index contributed by atoms with van der Waals surface area (Å²) in [4.78, 5) is 72.5. The van der Waals surface area contributed by atoms with Gasteiger partial charge in [0.2, 0.25) is 0 Å². The average Bonchev–Trinajstić information content (AvgIpc) is 3.60. The molecule has 0 aliphatic rings. The van der Waals surface area contributed by atoms with Gasteiger partial charge in [-0.3, -0.25) is 37.3 Å². The molecule has 0 aromatic rings. The second kappa shape index (κ2) is 58.8. The van der Waals surface area contributed by atoms with Gasteiger partial charge in [-0.25, -0.2) is 9.13 Å². The first-order chi connectivity index (χ1) is 42.2. The van der Waals surface area contributed by atoms with Crippen LogP contribution in [0.5, 0.6) is 0 Å². The molecule has 0 rings (SSSR count). The van der Waals surface area contributed by atoms with Gasteiger partial charge in [0.25, 0.3) is 0 Å². The molecule has 522 valence electrons. The van der Waals surface area contributed by atoms with Crippen molar-refractivity contribution in [2.24, 2.45) is 23.7 Å². The molecule has 17 nitrogen and oxygen atoms in total. The molecule has 0 radical (unpaired) electrons. The van der Waals surface area contributed by atoms with Crippen LogP contribution in [0, 0.1) is 23.7 Å².